The number of thioether (sulfide) groups is 1. The lowest BCUT2D eigenvalue weighted by atomic mass is 10.1. The van der Waals surface area contributed by atoms with E-state index in [1.165, 1.54) is 14.0 Å². The van der Waals surface area contributed by atoms with Crippen molar-refractivity contribution in [3.63, 3.8) is 0 Å². The summed E-state index contributed by atoms with van der Waals surface area (Å²) >= 11 is 1.73. The molecule has 132 valence electrons. The highest BCUT2D eigenvalue weighted by Crippen LogP contribution is 2.29. The second-order valence-electron chi connectivity index (χ2n) is 5.77. The smallest absolute Gasteiger partial charge is 0.328 e. The average molecular weight is 344 g/mol. The fourth-order valence-electron chi connectivity index (χ4n) is 2.65. The molecule has 2 amide bonds. The minimum Gasteiger partial charge on any atom is -0.467 e. The molecule has 1 heterocycles. The molecule has 7 heteroatoms. The quantitative estimate of drug-likeness (QED) is 0.484. The van der Waals surface area contributed by atoms with Crippen LogP contribution in [0.5, 0.6) is 0 Å². The van der Waals surface area contributed by atoms with Crippen molar-refractivity contribution in [1.29, 1.82) is 0 Å². The molecule has 0 bridgehead atoms. The van der Waals surface area contributed by atoms with Gasteiger partial charge in [-0.2, -0.15) is 0 Å². The Morgan fingerprint density at radius 1 is 1.39 bits per heavy atom. The van der Waals surface area contributed by atoms with E-state index < -0.39 is 12.0 Å². The van der Waals surface area contributed by atoms with Crippen LogP contribution in [-0.4, -0.2) is 53.5 Å². The standard InChI is InChI=1S/C16H28N2O4S/c1-4-5-9-15-18(14(20)11-23-15)10-7-6-8-13(16(21)22-3)17-12(2)19/h13,15H,4-11H2,1-3H3,(H,17,19). The van der Waals surface area contributed by atoms with Crippen LogP contribution in [0.4, 0.5) is 0 Å². The third kappa shape index (κ3) is 6.81. The van der Waals surface area contributed by atoms with Gasteiger partial charge in [0.15, 0.2) is 0 Å². The lowest BCUT2D eigenvalue weighted by molar-refractivity contribution is -0.145. The second kappa shape index (κ2) is 10.5. The highest BCUT2D eigenvalue weighted by atomic mass is 32.2. The van der Waals surface area contributed by atoms with Gasteiger partial charge in [0.25, 0.3) is 0 Å². The number of methoxy groups -OCH3 is 1. The zero-order valence-electron chi connectivity index (χ0n) is 14.3. The maximum atomic E-state index is 11.9. The maximum Gasteiger partial charge on any atom is 0.328 e. The number of esters is 1. The molecule has 2 unspecified atom stereocenters. The number of unbranched alkanes of at least 4 members (excludes halogenated alkanes) is 2. The van der Waals surface area contributed by atoms with Crippen LogP contribution in [-0.2, 0) is 19.1 Å². The molecule has 1 saturated heterocycles. The Morgan fingerprint density at radius 3 is 2.74 bits per heavy atom. The molecule has 1 fully saturated rings. The Morgan fingerprint density at radius 2 is 2.13 bits per heavy atom. The van der Waals surface area contributed by atoms with Gasteiger partial charge >= 0.3 is 5.97 Å². The average Bonchev–Trinajstić information content (AvgIpc) is 2.87. The van der Waals surface area contributed by atoms with E-state index in [1.807, 2.05) is 4.90 Å². The van der Waals surface area contributed by atoms with Gasteiger partial charge in [0.1, 0.15) is 6.04 Å². The van der Waals surface area contributed by atoms with Crippen LogP contribution >= 0.6 is 11.8 Å². The molecular weight excluding hydrogens is 316 g/mol. The monoisotopic (exact) mass is 344 g/mol. The molecule has 0 aromatic rings. The van der Waals surface area contributed by atoms with Gasteiger partial charge in [-0.3, -0.25) is 9.59 Å². The number of carbonyl (C=O) groups is 3. The van der Waals surface area contributed by atoms with Crippen molar-refractivity contribution in [3.05, 3.63) is 0 Å². The maximum absolute atomic E-state index is 11.9. The van der Waals surface area contributed by atoms with Crippen LogP contribution in [0.1, 0.15) is 52.4 Å². The molecule has 23 heavy (non-hydrogen) atoms. The number of hydrogen-bond donors (Lipinski definition) is 1. The van der Waals surface area contributed by atoms with E-state index in [0.29, 0.717) is 24.1 Å². The molecule has 0 radical (unpaired) electrons. The summed E-state index contributed by atoms with van der Waals surface area (Å²) in [6, 6.07) is -0.600. The van der Waals surface area contributed by atoms with Gasteiger partial charge in [-0.25, -0.2) is 4.79 Å². The molecular formula is C16H28N2O4S. The van der Waals surface area contributed by atoms with Gasteiger partial charge in [-0.1, -0.05) is 19.8 Å². The largest absolute Gasteiger partial charge is 0.467 e. The molecule has 0 saturated carbocycles. The number of hydrogen-bond acceptors (Lipinski definition) is 5. The third-order valence-corrected chi connectivity index (χ3v) is 5.17. The van der Waals surface area contributed by atoms with E-state index in [9.17, 15) is 14.4 Å². The second-order valence-corrected chi connectivity index (χ2v) is 6.93. The molecule has 1 aliphatic rings. The lowest BCUT2D eigenvalue weighted by Gasteiger charge is -2.24. The van der Waals surface area contributed by atoms with Crippen LogP contribution in [0.2, 0.25) is 0 Å². The van der Waals surface area contributed by atoms with Crippen LogP contribution in [0.3, 0.4) is 0 Å². The molecule has 1 rings (SSSR count). The Balaban J connectivity index is 2.37. The van der Waals surface area contributed by atoms with E-state index in [2.05, 4.69) is 12.2 Å². The predicted octanol–water partition coefficient (Wildman–Crippen LogP) is 1.93. The molecule has 0 aromatic carbocycles. The number of nitrogens with zero attached hydrogens (tertiary/aromatic N) is 1. The Kier molecular flexibility index (Phi) is 9.06. The van der Waals surface area contributed by atoms with Crippen molar-refractivity contribution >= 4 is 29.5 Å². The number of ether oxygens (including phenoxy) is 1. The Bertz CT molecular complexity index is 417. The predicted molar refractivity (Wildman–Crippen MR) is 91.0 cm³/mol. The van der Waals surface area contributed by atoms with Crippen LogP contribution in [0.15, 0.2) is 0 Å². The van der Waals surface area contributed by atoms with Crippen LogP contribution in [0.25, 0.3) is 0 Å². The highest BCUT2D eigenvalue weighted by molar-refractivity contribution is 8.00. The molecule has 1 N–H and O–H groups in total. The minimum atomic E-state index is -0.600. The SMILES string of the molecule is CCCCC1SCC(=O)N1CCCCC(NC(C)=O)C(=O)OC. The first kappa shape index (κ1) is 19.8. The van der Waals surface area contributed by atoms with Crippen molar-refractivity contribution in [2.24, 2.45) is 0 Å². The molecule has 1 aliphatic heterocycles. The van der Waals surface area contributed by atoms with Gasteiger partial charge in [0.05, 0.1) is 18.2 Å². The molecule has 2 atom stereocenters. The first-order valence-corrected chi connectivity index (χ1v) is 9.30. The van der Waals surface area contributed by atoms with E-state index in [-0.39, 0.29) is 11.8 Å². The van der Waals surface area contributed by atoms with E-state index in [0.717, 1.165) is 32.1 Å². The van der Waals surface area contributed by atoms with Gasteiger partial charge in [-0.05, 0) is 25.7 Å². The number of amides is 2. The summed E-state index contributed by atoms with van der Waals surface area (Å²) in [5.74, 6) is 0.118. The van der Waals surface area contributed by atoms with E-state index in [4.69, 9.17) is 4.74 Å². The third-order valence-electron chi connectivity index (χ3n) is 3.88. The van der Waals surface area contributed by atoms with E-state index >= 15 is 0 Å². The highest BCUT2D eigenvalue weighted by Gasteiger charge is 2.30. The number of nitrogens with one attached hydrogen (secondary N) is 1. The van der Waals surface area contributed by atoms with Crippen molar-refractivity contribution < 1.29 is 19.1 Å². The number of carbonyl (C=O) groups excluding carboxylic acids is 3. The van der Waals surface area contributed by atoms with Crippen molar-refractivity contribution in [3.8, 4) is 0 Å². The summed E-state index contributed by atoms with van der Waals surface area (Å²) in [7, 11) is 1.32. The van der Waals surface area contributed by atoms with Crippen molar-refractivity contribution in [1.82, 2.24) is 10.2 Å². The van der Waals surface area contributed by atoms with Crippen molar-refractivity contribution in [2.45, 2.75) is 63.8 Å². The molecule has 0 aromatic heterocycles. The zero-order chi connectivity index (χ0) is 17.2. The summed E-state index contributed by atoms with van der Waals surface area (Å²) in [6.45, 7) is 4.25. The van der Waals surface area contributed by atoms with Crippen molar-refractivity contribution in [2.75, 3.05) is 19.4 Å². The summed E-state index contributed by atoms with van der Waals surface area (Å²) in [5, 5.41) is 2.91. The number of rotatable bonds is 10. The normalized spacial score (nSPS) is 18.8. The summed E-state index contributed by atoms with van der Waals surface area (Å²) in [5.41, 5.74) is 0. The molecule has 0 aliphatic carbocycles. The molecule has 0 spiro atoms. The Labute approximate surface area is 142 Å². The van der Waals surface area contributed by atoms with Crippen LogP contribution in [0, 0.1) is 0 Å². The molecule has 6 nitrogen and oxygen atoms in total. The van der Waals surface area contributed by atoms with Gasteiger partial charge in [0.2, 0.25) is 11.8 Å². The van der Waals surface area contributed by atoms with Gasteiger partial charge < -0.3 is 15.0 Å². The van der Waals surface area contributed by atoms with Gasteiger partial charge in [0, 0.05) is 13.5 Å². The zero-order valence-corrected chi connectivity index (χ0v) is 15.1. The fourth-order valence-corrected chi connectivity index (χ4v) is 3.89. The Hall–Kier alpha value is -1.24. The van der Waals surface area contributed by atoms with Gasteiger partial charge in [-0.15, -0.1) is 11.8 Å². The summed E-state index contributed by atoms with van der Waals surface area (Å²) in [6.07, 6.45) is 5.42. The fraction of sp³-hybridized carbons (Fsp3) is 0.812. The summed E-state index contributed by atoms with van der Waals surface area (Å²) < 4.78 is 4.70. The first-order chi connectivity index (χ1) is 11.0. The lowest BCUT2D eigenvalue weighted by Crippen LogP contribution is -2.40. The van der Waals surface area contributed by atoms with Crippen LogP contribution < -0.4 is 5.32 Å². The minimum absolute atomic E-state index is 0.211. The summed E-state index contributed by atoms with van der Waals surface area (Å²) in [4.78, 5) is 36.7. The van der Waals surface area contributed by atoms with E-state index in [1.54, 1.807) is 11.8 Å². The topological polar surface area (TPSA) is 75.7 Å². The first-order valence-electron chi connectivity index (χ1n) is 8.25.